The molecule has 0 aliphatic carbocycles. The summed E-state index contributed by atoms with van der Waals surface area (Å²) in [7, 11) is 1.60. The summed E-state index contributed by atoms with van der Waals surface area (Å²) in [6.07, 6.45) is 0.878. The molecule has 0 amide bonds. The van der Waals surface area contributed by atoms with Crippen molar-refractivity contribution >= 4 is 28.8 Å². The fraction of sp³-hybridized carbons (Fsp3) is 0.167. The number of ether oxygens (including phenoxy) is 1. The number of aromatic nitrogens is 1. The van der Waals surface area contributed by atoms with Gasteiger partial charge in [-0.2, -0.15) is 0 Å². The van der Waals surface area contributed by atoms with Gasteiger partial charge in [0.25, 0.3) is 0 Å². The van der Waals surface area contributed by atoms with Crippen molar-refractivity contribution in [2.24, 2.45) is 0 Å². The average Bonchev–Trinajstić information content (AvgIpc) is 2.90. The second-order valence-corrected chi connectivity index (χ2v) is 5.74. The molecule has 0 radical (unpaired) electrons. The summed E-state index contributed by atoms with van der Waals surface area (Å²) in [4.78, 5) is 15.0. The van der Waals surface area contributed by atoms with E-state index in [2.05, 4.69) is 11.9 Å². The second kappa shape index (κ2) is 5.50. The van der Waals surface area contributed by atoms with E-state index in [9.17, 15) is 4.79 Å². The van der Waals surface area contributed by atoms with Gasteiger partial charge in [0, 0.05) is 27.1 Å². The van der Waals surface area contributed by atoms with Crippen molar-refractivity contribution in [3.63, 3.8) is 0 Å². The van der Waals surface area contributed by atoms with Gasteiger partial charge in [0.2, 0.25) is 0 Å². The van der Waals surface area contributed by atoms with Gasteiger partial charge >= 0.3 is 0 Å². The first-order valence-electron chi connectivity index (χ1n) is 6.97. The number of H-pyrrole nitrogens is 1. The highest BCUT2D eigenvalue weighted by molar-refractivity contribution is 6.31. The van der Waals surface area contributed by atoms with Crippen LogP contribution in [0.15, 0.2) is 30.3 Å². The number of rotatable bonds is 3. The number of carbonyl (C=O) groups is 1. The highest BCUT2D eigenvalue weighted by atomic mass is 35.5. The molecule has 0 atom stereocenters. The lowest BCUT2D eigenvalue weighted by Gasteiger charge is -2.08. The Balaban J connectivity index is 2.39. The Bertz CT molecular complexity index is 880. The van der Waals surface area contributed by atoms with Crippen LogP contribution in [0.1, 0.15) is 21.5 Å². The van der Waals surface area contributed by atoms with Crippen molar-refractivity contribution in [2.75, 3.05) is 7.11 Å². The lowest BCUT2D eigenvalue weighted by atomic mass is 10.0. The maximum absolute atomic E-state index is 11.7. The molecule has 3 nitrogen and oxygen atoms in total. The van der Waals surface area contributed by atoms with Crippen LogP contribution in [-0.4, -0.2) is 18.4 Å². The zero-order valence-corrected chi connectivity index (χ0v) is 13.4. The summed E-state index contributed by atoms with van der Waals surface area (Å²) >= 11 is 6.12. The number of hydrogen-bond donors (Lipinski definition) is 1. The van der Waals surface area contributed by atoms with Gasteiger partial charge in [-0.1, -0.05) is 23.7 Å². The van der Waals surface area contributed by atoms with Crippen LogP contribution >= 0.6 is 11.6 Å². The molecule has 3 aromatic rings. The van der Waals surface area contributed by atoms with E-state index in [1.807, 2.05) is 19.1 Å². The Kier molecular flexibility index (Phi) is 3.67. The molecule has 2 aromatic carbocycles. The maximum atomic E-state index is 11.7. The van der Waals surface area contributed by atoms with Crippen molar-refractivity contribution in [3.8, 4) is 17.0 Å². The number of aromatic amines is 1. The van der Waals surface area contributed by atoms with Gasteiger partial charge in [0.1, 0.15) is 5.75 Å². The van der Waals surface area contributed by atoms with Gasteiger partial charge in [-0.3, -0.25) is 4.79 Å². The van der Waals surface area contributed by atoms with Gasteiger partial charge in [-0.15, -0.1) is 0 Å². The molecule has 0 unspecified atom stereocenters. The van der Waals surface area contributed by atoms with Crippen LogP contribution in [0.5, 0.6) is 5.75 Å². The van der Waals surface area contributed by atoms with Gasteiger partial charge < -0.3 is 9.72 Å². The minimum atomic E-state index is 0.596. The standard InChI is InChI=1S/C18H16ClNO2/c1-10-4-6-13-15(9-21)18(20-17(13)11(10)2)14-8-12(19)5-7-16(14)22-3/h4-9,20H,1-3H3. The van der Waals surface area contributed by atoms with Gasteiger partial charge in [-0.05, 0) is 43.2 Å². The first-order chi connectivity index (χ1) is 10.6. The molecular formula is C18H16ClNO2. The number of hydrogen-bond acceptors (Lipinski definition) is 2. The molecule has 22 heavy (non-hydrogen) atoms. The first kappa shape index (κ1) is 14.7. The molecule has 3 rings (SSSR count). The SMILES string of the molecule is COc1ccc(Cl)cc1-c1[nH]c2c(C)c(C)ccc2c1C=O. The fourth-order valence-corrected chi connectivity index (χ4v) is 2.91. The Morgan fingerprint density at radius 2 is 1.95 bits per heavy atom. The third kappa shape index (κ3) is 2.18. The third-order valence-electron chi connectivity index (χ3n) is 4.09. The van der Waals surface area contributed by atoms with E-state index in [0.717, 1.165) is 34.0 Å². The molecule has 1 N–H and O–H groups in total. The van der Waals surface area contributed by atoms with Crippen LogP contribution in [0.4, 0.5) is 0 Å². The fourth-order valence-electron chi connectivity index (χ4n) is 2.74. The van der Waals surface area contributed by atoms with E-state index in [1.165, 1.54) is 5.56 Å². The topological polar surface area (TPSA) is 42.1 Å². The first-order valence-corrected chi connectivity index (χ1v) is 7.35. The highest BCUT2D eigenvalue weighted by Crippen LogP contribution is 2.37. The maximum Gasteiger partial charge on any atom is 0.152 e. The number of fused-ring (bicyclic) bond motifs is 1. The molecule has 0 fully saturated rings. The number of aldehydes is 1. The molecule has 0 spiro atoms. The van der Waals surface area contributed by atoms with E-state index >= 15 is 0 Å². The molecule has 1 heterocycles. The molecule has 0 aliphatic heterocycles. The lowest BCUT2D eigenvalue weighted by Crippen LogP contribution is -1.91. The molecule has 0 aliphatic rings. The molecule has 0 saturated heterocycles. The summed E-state index contributed by atoms with van der Waals surface area (Å²) in [5, 5.41) is 1.51. The lowest BCUT2D eigenvalue weighted by molar-refractivity contribution is 0.112. The van der Waals surface area contributed by atoms with Crippen LogP contribution in [0.25, 0.3) is 22.2 Å². The van der Waals surface area contributed by atoms with Crippen molar-refractivity contribution in [1.29, 1.82) is 0 Å². The van der Waals surface area contributed by atoms with Gasteiger partial charge in [0.05, 0.1) is 12.8 Å². The van der Waals surface area contributed by atoms with Crippen LogP contribution in [0, 0.1) is 13.8 Å². The van der Waals surface area contributed by atoms with E-state index in [-0.39, 0.29) is 0 Å². The Hall–Kier alpha value is -2.26. The number of carbonyl (C=O) groups excluding carboxylic acids is 1. The van der Waals surface area contributed by atoms with Gasteiger partial charge in [-0.25, -0.2) is 0 Å². The smallest absolute Gasteiger partial charge is 0.152 e. The zero-order chi connectivity index (χ0) is 15.9. The number of halogens is 1. The summed E-state index contributed by atoms with van der Waals surface area (Å²) in [6, 6.07) is 9.37. The minimum absolute atomic E-state index is 0.596. The molecule has 112 valence electrons. The molecule has 1 aromatic heterocycles. The molecule has 0 bridgehead atoms. The quantitative estimate of drug-likeness (QED) is 0.697. The van der Waals surface area contributed by atoms with Crippen LogP contribution < -0.4 is 4.74 Å². The van der Waals surface area contributed by atoms with E-state index < -0.39 is 0 Å². The van der Waals surface area contributed by atoms with Crippen LogP contribution in [0.3, 0.4) is 0 Å². The van der Waals surface area contributed by atoms with Crippen molar-refractivity contribution in [3.05, 3.63) is 52.0 Å². The largest absolute Gasteiger partial charge is 0.496 e. The average molecular weight is 314 g/mol. The van der Waals surface area contributed by atoms with Crippen molar-refractivity contribution in [1.82, 2.24) is 4.98 Å². The van der Waals surface area contributed by atoms with E-state index in [0.29, 0.717) is 16.3 Å². The van der Waals surface area contributed by atoms with Crippen LogP contribution in [0.2, 0.25) is 5.02 Å². The van der Waals surface area contributed by atoms with E-state index in [1.54, 1.807) is 25.3 Å². The third-order valence-corrected chi connectivity index (χ3v) is 4.33. The Morgan fingerprint density at radius 3 is 2.64 bits per heavy atom. The second-order valence-electron chi connectivity index (χ2n) is 5.31. The molecular weight excluding hydrogens is 298 g/mol. The Morgan fingerprint density at radius 1 is 1.18 bits per heavy atom. The summed E-state index contributed by atoms with van der Waals surface area (Å²) < 4.78 is 5.41. The summed E-state index contributed by atoms with van der Waals surface area (Å²) in [5.74, 6) is 0.674. The predicted molar refractivity (Wildman–Crippen MR) is 90.2 cm³/mol. The number of methoxy groups -OCH3 is 1. The monoisotopic (exact) mass is 313 g/mol. The summed E-state index contributed by atoms with van der Waals surface area (Å²) in [5.41, 5.74) is 5.42. The van der Waals surface area contributed by atoms with E-state index in [4.69, 9.17) is 16.3 Å². The van der Waals surface area contributed by atoms with Crippen LogP contribution in [-0.2, 0) is 0 Å². The Labute approximate surface area is 133 Å². The summed E-state index contributed by atoms with van der Waals surface area (Å²) in [6.45, 7) is 4.09. The normalized spacial score (nSPS) is 10.9. The predicted octanol–water partition coefficient (Wildman–Crippen LogP) is 4.93. The zero-order valence-electron chi connectivity index (χ0n) is 12.7. The van der Waals surface area contributed by atoms with Gasteiger partial charge in [0.15, 0.2) is 6.29 Å². The molecule has 0 saturated carbocycles. The highest BCUT2D eigenvalue weighted by Gasteiger charge is 2.17. The number of benzene rings is 2. The van der Waals surface area contributed by atoms with Crippen molar-refractivity contribution in [2.45, 2.75) is 13.8 Å². The number of aryl methyl sites for hydroxylation is 2. The number of nitrogens with one attached hydrogen (secondary N) is 1. The molecule has 4 heteroatoms. The van der Waals surface area contributed by atoms with Crippen molar-refractivity contribution < 1.29 is 9.53 Å². The minimum Gasteiger partial charge on any atom is -0.496 e.